The zero-order valence-electron chi connectivity index (χ0n) is 19.9. The van der Waals surface area contributed by atoms with Crippen molar-refractivity contribution < 1.29 is 14.3 Å². The minimum atomic E-state index is -0.573. The number of rotatable bonds is 8. The molecule has 0 aliphatic rings. The van der Waals surface area contributed by atoms with Gasteiger partial charge in [-0.25, -0.2) is 0 Å². The highest BCUT2D eigenvalue weighted by Crippen LogP contribution is 2.23. The third-order valence-corrected chi connectivity index (χ3v) is 5.20. The van der Waals surface area contributed by atoms with Gasteiger partial charge in [-0.2, -0.15) is 0 Å². The first-order valence-electron chi connectivity index (χ1n) is 10.9. The summed E-state index contributed by atoms with van der Waals surface area (Å²) in [6.45, 7) is 14.0. The molecule has 0 aliphatic carbocycles. The monoisotopic (exact) mass is 424 g/mol. The molecule has 1 atom stereocenters. The summed E-state index contributed by atoms with van der Waals surface area (Å²) in [4.78, 5) is 27.9. The predicted octanol–water partition coefficient (Wildman–Crippen LogP) is 4.71. The maximum absolute atomic E-state index is 13.3. The Labute approximate surface area is 186 Å². The summed E-state index contributed by atoms with van der Waals surface area (Å²) in [6, 6.07) is 13.2. The summed E-state index contributed by atoms with van der Waals surface area (Å²) in [6.07, 6.45) is 0.517. The molecule has 0 aliphatic heterocycles. The van der Waals surface area contributed by atoms with Crippen molar-refractivity contribution in [3.8, 4) is 5.75 Å². The Morgan fingerprint density at radius 3 is 2.29 bits per heavy atom. The number of nitrogens with one attached hydrogen (secondary N) is 1. The lowest BCUT2D eigenvalue weighted by Gasteiger charge is -2.33. The molecule has 168 valence electrons. The standard InChI is InChI=1S/C26H36N2O3/c1-8-22(25(30)27-26(5,6)7)28(16-21-12-10-9-11-13-21)24(29)17-31-23-15-18(2)14-19(3)20(23)4/h9-15,22H,8,16-17H2,1-7H3,(H,27,30)/t22-/m0/s1. The quantitative estimate of drug-likeness (QED) is 0.667. The molecule has 0 saturated carbocycles. The van der Waals surface area contributed by atoms with Crippen molar-refractivity contribution in [3.05, 3.63) is 64.7 Å². The third kappa shape index (κ3) is 7.12. The second kappa shape index (κ2) is 10.5. The lowest BCUT2D eigenvalue weighted by atomic mass is 10.1. The van der Waals surface area contributed by atoms with Crippen LogP contribution in [0.15, 0.2) is 42.5 Å². The van der Waals surface area contributed by atoms with Crippen LogP contribution < -0.4 is 10.1 Å². The number of amides is 2. The van der Waals surface area contributed by atoms with Crippen molar-refractivity contribution in [2.24, 2.45) is 0 Å². The summed E-state index contributed by atoms with van der Waals surface area (Å²) in [5.74, 6) is 0.345. The van der Waals surface area contributed by atoms with E-state index in [1.165, 1.54) is 0 Å². The largest absolute Gasteiger partial charge is 0.483 e. The summed E-state index contributed by atoms with van der Waals surface area (Å²) in [7, 11) is 0. The average molecular weight is 425 g/mol. The zero-order chi connectivity index (χ0) is 23.2. The zero-order valence-corrected chi connectivity index (χ0v) is 19.9. The average Bonchev–Trinajstić information content (AvgIpc) is 2.68. The van der Waals surface area contributed by atoms with Crippen LogP contribution in [0.25, 0.3) is 0 Å². The van der Waals surface area contributed by atoms with E-state index in [0.29, 0.717) is 18.7 Å². The number of hydrogen-bond acceptors (Lipinski definition) is 3. The molecule has 0 spiro atoms. The van der Waals surface area contributed by atoms with Crippen molar-refractivity contribution in [1.82, 2.24) is 10.2 Å². The molecule has 0 radical (unpaired) electrons. The van der Waals surface area contributed by atoms with Gasteiger partial charge < -0.3 is 15.0 Å². The van der Waals surface area contributed by atoms with E-state index < -0.39 is 6.04 Å². The van der Waals surface area contributed by atoms with E-state index in [9.17, 15) is 9.59 Å². The SMILES string of the molecule is CC[C@@H](C(=O)NC(C)(C)C)N(Cc1ccccc1)C(=O)COc1cc(C)cc(C)c1C. The van der Waals surface area contributed by atoms with Crippen molar-refractivity contribution in [2.75, 3.05) is 6.61 Å². The Kier molecular flexibility index (Phi) is 8.26. The van der Waals surface area contributed by atoms with Gasteiger partial charge in [-0.3, -0.25) is 9.59 Å². The topological polar surface area (TPSA) is 58.6 Å². The molecule has 0 fully saturated rings. The van der Waals surface area contributed by atoms with Crippen molar-refractivity contribution in [2.45, 2.75) is 73.0 Å². The van der Waals surface area contributed by atoms with E-state index in [1.807, 2.05) is 84.9 Å². The van der Waals surface area contributed by atoms with Gasteiger partial charge in [0, 0.05) is 12.1 Å². The van der Waals surface area contributed by atoms with Gasteiger partial charge in [0.2, 0.25) is 5.91 Å². The molecule has 0 unspecified atom stereocenters. The maximum atomic E-state index is 13.3. The van der Waals surface area contributed by atoms with E-state index >= 15 is 0 Å². The molecule has 2 amide bonds. The van der Waals surface area contributed by atoms with Gasteiger partial charge in [0.25, 0.3) is 5.91 Å². The highest BCUT2D eigenvalue weighted by molar-refractivity contribution is 5.88. The van der Waals surface area contributed by atoms with Gasteiger partial charge in [-0.1, -0.05) is 43.3 Å². The summed E-state index contributed by atoms with van der Waals surface area (Å²) >= 11 is 0. The molecule has 0 heterocycles. The molecule has 0 aromatic heterocycles. The van der Waals surface area contributed by atoms with Crippen molar-refractivity contribution >= 4 is 11.8 Å². The van der Waals surface area contributed by atoms with Crippen LogP contribution in [-0.2, 0) is 16.1 Å². The Bertz CT molecular complexity index is 901. The second-order valence-electron chi connectivity index (χ2n) is 9.16. The molecule has 2 aromatic carbocycles. The van der Waals surface area contributed by atoms with Gasteiger partial charge in [0.15, 0.2) is 6.61 Å². The number of nitrogens with zero attached hydrogens (tertiary/aromatic N) is 1. The van der Waals surface area contributed by atoms with Crippen LogP contribution in [0, 0.1) is 20.8 Å². The summed E-state index contributed by atoms with van der Waals surface area (Å²) in [5, 5.41) is 3.02. The number of ether oxygens (including phenoxy) is 1. The van der Waals surface area contributed by atoms with Gasteiger partial charge in [-0.05, 0) is 76.3 Å². The first-order valence-corrected chi connectivity index (χ1v) is 10.9. The van der Waals surface area contributed by atoms with Crippen molar-refractivity contribution in [3.63, 3.8) is 0 Å². The molecule has 2 rings (SSSR count). The van der Waals surface area contributed by atoms with Gasteiger partial charge in [0.05, 0.1) is 0 Å². The Balaban J connectivity index is 2.26. The molecule has 5 nitrogen and oxygen atoms in total. The lowest BCUT2D eigenvalue weighted by molar-refractivity contribution is -0.143. The van der Waals surface area contributed by atoms with Crippen LogP contribution in [0.3, 0.4) is 0 Å². The van der Waals surface area contributed by atoms with Crippen LogP contribution >= 0.6 is 0 Å². The number of benzene rings is 2. The second-order valence-corrected chi connectivity index (χ2v) is 9.16. The van der Waals surface area contributed by atoms with Crippen LogP contribution in [0.1, 0.15) is 56.4 Å². The summed E-state index contributed by atoms with van der Waals surface area (Å²) in [5.41, 5.74) is 3.83. The smallest absolute Gasteiger partial charge is 0.261 e. The van der Waals surface area contributed by atoms with Gasteiger partial charge in [-0.15, -0.1) is 0 Å². The van der Waals surface area contributed by atoms with Gasteiger partial charge >= 0.3 is 0 Å². The fourth-order valence-corrected chi connectivity index (χ4v) is 3.53. The van der Waals surface area contributed by atoms with E-state index in [4.69, 9.17) is 4.74 Å². The molecular formula is C26H36N2O3. The van der Waals surface area contributed by atoms with E-state index in [2.05, 4.69) is 11.4 Å². The van der Waals surface area contributed by atoms with E-state index in [1.54, 1.807) is 4.90 Å². The first-order chi connectivity index (χ1) is 14.5. The molecule has 5 heteroatoms. The van der Waals surface area contributed by atoms with Crippen LogP contribution in [0.5, 0.6) is 5.75 Å². The normalized spacial score (nSPS) is 12.2. The number of hydrogen-bond donors (Lipinski definition) is 1. The van der Waals surface area contributed by atoms with Crippen LogP contribution in [-0.4, -0.2) is 34.9 Å². The number of carbonyl (C=O) groups excluding carboxylic acids is 2. The third-order valence-electron chi connectivity index (χ3n) is 5.20. The number of aryl methyl sites for hydroxylation is 2. The minimum Gasteiger partial charge on any atom is -0.483 e. The fourth-order valence-electron chi connectivity index (χ4n) is 3.53. The fraction of sp³-hybridized carbons (Fsp3) is 0.462. The van der Waals surface area contributed by atoms with Gasteiger partial charge in [0.1, 0.15) is 11.8 Å². The Morgan fingerprint density at radius 1 is 1.06 bits per heavy atom. The van der Waals surface area contributed by atoms with Crippen molar-refractivity contribution in [1.29, 1.82) is 0 Å². The Hall–Kier alpha value is -2.82. The first kappa shape index (κ1) is 24.4. The molecule has 31 heavy (non-hydrogen) atoms. The highest BCUT2D eigenvalue weighted by Gasteiger charge is 2.31. The van der Waals surface area contributed by atoms with Crippen LogP contribution in [0.4, 0.5) is 0 Å². The summed E-state index contributed by atoms with van der Waals surface area (Å²) < 4.78 is 5.93. The predicted molar refractivity (Wildman–Crippen MR) is 125 cm³/mol. The van der Waals surface area contributed by atoms with E-state index in [-0.39, 0.29) is 24.0 Å². The molecule has 0 bridgehead atoms. The Morgan fingerprint density at radius 2 is 1.71 bits per heavy atom. The lowest BCUT2D eigenvalue weighted by Crippen LogP contribution is -2.54. The molecule has 1 N–H and O–H groups in total. The number of carbonyl (C=O) groups is 2. The molecular weight excluding hydrogens is 388 g/mol. The minimum absolute atomic E-state index is 0.115. The van der Waals surface area contributed by atoms with E-state index in [0.717, 1.165) is 22.3 Å². The molecule has 0 saturated heterocycles. The maximum Gasteiger partial charge on any atom is 0.261 e. The van der Waals surface area contributed by atoms with Crippen LogP contribution in [0.2, 0.25) is 0 Å². The molecule has 2 aromatic rings. The highest BCUT2D eigenvalue weighted by atomic mass is 16.5.